The fourth-order valence-electron chi connectivity index (χ4n) is 5.90. The molecule has 3 fully saturated rings. The van der Waals surface area contributed by atoms with Crippen LogP contribution in [0.1, 0.15) is 29.0 Å². The highest BCUT2D eigenvalue weighted by Crippen LogP contribution is 2.55. The average molecular weight is 702 g/mol. The van der Waals surface area contributed by atoms with Gasteiger partial charge in [-0.1, -0.05) is 11.3 Å². The second-order valence-corrected chi connectivity index (χ2v) is 16.4. The first kappa shape index (κ1) is 31.0. The molecule has 2 aliphatic heterocycles. The predicted molar refractivity (Wildman–Crippen MR) is 161 cm³/mol. The van der Waals surface area contributed by atoms with Crippen LogP contribution in [0, 0.1) is 11.8 Å². The summed E-state index contributed by atoms with van der Waals surface area (Å²) in [6.07, 6.45) is -2.76. The molecule has 17 nitrogen and oxygen atoms in total. The van der Waals surface area contributed by atoms with Crippen LogP contribution in [-0.4, -0.2) is 88.4 Å². The number of fused-ring (bicyclic) bond motifs is 5. The van der Waals surface area contributed by atoms with E-state index in [4.69, 9.17) is 57.9 Å². The molecule has 1 amide bonds. The number of ether oxygens (including phenoxy) is 1. The number of hydrogen-bond donors (Lipinski definition) is 4. The summed E-state index contributed by atoms with van der Waals surface area (Å²) in [5.74, 6) is -1.08. The van der Waals surface area contributed by atoms with Gasteiger partial charge in [0.1, 0.15) is 29.6 Å². The lowest BCUT2D eigenvalue weighted by molar-refractivity contribution is -0.0523. The van der Waals surface area contributed by atoms with Crippen molar-refractivity contribution in [2.24, 2.45) is 17.6 Å². The van der Waals surface area contributed by atoms with Gasteiger partial charge in [-0.3, -0.25) is 9.32 Å². The second kappa shape index (κ2) is 11.6. The lowest BCUT2D eigenvalue weighted by Crippen LogP contribution is -2.43. The smallest absolute Gasteiger partial charge is 0.325 e. The number of imidazole rings is 1. The Morgan fingerprint density at radius 3 is 2.64 bits per heavy atom. The first-order valence-corrected chi connectivity index (χ1v) is 18.7. The van der Waals surface area contributed by atoms with Crippen molar-refractivity contribution in [3.8, 4) is 0 Å². The lowest BCUT2D eigenvalue weighted by atomic mass is 9.70. The quantitative estimate of drug-likeness (QED) is 0.220. The predicted octanol–water partition coefficient (Wildman–Crippen LogP) is 1.25. The van der Waals surface area contributed by atoms with Gasteiger partial charge in [-0.2, -0.15) is 0 Å². The third-order valence-electron chi connectivity index (χ3n) is 8.20. The molecule has 1 aromatic carbocycles. The van der Waals surface area contributed by atoms with Crippen molar-refractivity contribution in [1.82, 2.24) is 34.5 Å². The van der Waals surface area contributed by atoms with Gasteiger partial charge >= 0.3 is 13.4 Å². The van der Waals surface area contributed by atoms with Crippen molar-refractivity contribution >= 4 is 71.0 Å². The van der Waals surface area contributed by atoms with Crippen LogP contribution in [0.25, 0.3) is 22.2 Å². The zero-order chi connectivity index (χ0) is 31.7. The van der Waals surface area contributed by atoms with Crippen LogP contribution >= 0.6 is 13.4 Å². The highest BCUT2D eigenvalue weighted by molar-refractivity contribution is 8.07. The van der Waals surface area contributed by atoms with E-state index >= 15 is 4.39 Å². The molecule has 2 bridgehead atoms. The van der Waals surface area contributed by atoms with Crippen LogP contribution in [0.15, 0.2) is 30.9 Å². The summed E-state index contributed by atoms with van der Waals surface area (Å²) >= 11 is 10.5. The van der Waals surface area contributed by atoms with Crippen LogP contribution in [0.3, 0.4) is 0 Å². The van der Waals surface area contributed by atoms with Gasteiger partial charge in [0.2, 0.25) is 0 Å². The summed E-state index contributed by atoms with van der Waals surface area (Å²) in [6.45, 7) is -8.64. The van der Waals surface area contributed by atoms with E-state index in [0.717, 1.165) is 0 Å². The minimum atomic E-state index is -4.08. The molecular formula is C23H26FN9O8P2S2. The van der Waals surface area contributed by atoms with E-state index in [1.54, 1.807) is 18.5 Å². The van der Waals surface area contributed by atoms with Crippen molar-refractivity contribution in [1.29, 1.82) is 0 Å². The van der Waals surface area contributed by atoms with Crippen molar-refractivity contribution in [3.05, 3.63) is 36.4 Å². The van der Waals surface area contributed by atoms with Crippen LogP contribution in [-0.2, 0) is 46.4 Å². The largest absolute Gasteiger partial charge is 0.382 e. The Bertz CT molecular complexity index is 1900. The van der Waals surface area contributed by atoms with E-state index in [-0.39, 0.29) is 53.5 Å². The van der Waals surface area contributed by atoms with Gasteiger partial charge in [0.25, 0.3) is 5.91 Å². The summed E-state index contributed by atoms with van der Waals surface area (Å²) in [5.41, 5.74) is 12.9. The molecule has 240 valence electrons. The molecule has 1 saturated carbocycles. The maximum absolute atomic E-state index is 15.9. The third kappa shape index (κ3) is 5.67. The molecule has 1 aliphatic carbocycles. The number of nitrogens with two attached hydrogens (primary N) is 2. The Morgan fingerprint density at radius 2 is 1.84 bits per heavy atom. The minimum absolute atomic E-state index is 0.0646. The zero-order valence-electron chi connectivity index (χ0n) is 23.0. The van der Waals surface area contributed by atoms with E-state index < -0.39 is 50.6 Å². The SMILES string of the molecule is NC(=O)c1cccc2c1nnn2[C@@H]1O[C@@H]2COP(O)(=S)OC[C@H]3C(n4cnc5c(N)ncnc54)C[C@@H]3COP(O)(=S)O[C@@H]1[C@@H]2F. The van der Waals surface area contributed by atoms with Crippen molar-refractivity contribution in [2.45, 2.75) is 37.1 Å². The molecule has 5 heterocycles. The highest BCUT2D eigenvalue weighted by atomic mass is 32.5. The molecule has 3 unspecified atom stereocenters. The van der Waals surface area contributed by atoms with Gasteiger partial charge in [0, 0.05) is 12.0 Å². The topological polar surface area (TPSA) is 230 Å². The fraction of sp³-hybridized carbons (Fsp3) is 0.478. The number of nitrogens with zero attached hydrogens (tertiary/aromatic N) is 7. The van der Waals surface area contributed by atoms with Crippen LogP contribution in [0.4, 0.5) is 10.2 Å². The number of halogens is 1. The number of amides is 1. The summed E-state index contributed by atoms with van der Waals surface area (Å²) in [5, 5.41) is 8.07. The van der Waals surface area contributed by atoms with Gasteiger partial charge in [-0.15, -0.1) is 5.10 Å². The van der Waals surface area contributed by atoms with E-state index in [0.29, 0.717) is 17.6 Å². The molecule has 4 aromatic rings. The molecule has 3 aromatic heterocycles. The number of nitrogen functional groups attached to an aromatic ring is 1. The molecule has 45 heavy (non-hydrogen) atoms. The van der Waals surface area contributed by atoms with Crippen LogP contribution in [0.2, 0.25) is 0 Å². The minimum Gasteiger partial charge on any atom is -0.382 e. The second-order valence-electron chi connectivity index (χ2n) is 10.8. The number of carbonyl (C=O) groups is 1. The monoisotopic (exact) mass is 701 g/mol. The lowest BCUT2D eigenvalue weighted by Gasteiger charge is -2.45. The normalized spacial score (nSPS) is 35.9. The number of hydrogen-bond acceptors (Lipinski definition) is 14. The average Bonchev–Trinajstić information content (AvgIpc) is 3.67. The van der Waals surface area contributed by atoms with Gasteiger partial charge in [-0.05, 0) is 48.1 Å². The van der Waals surface area contributed by atoms with Crippen molar-refractivity contribution < 1.29 is 41.8 Å². The maximum atomic E-state index is 15.9. The first-order valence-electron chi connectivity index (χ1n) is 13.6. The van der Waals surface area contributed by atoms with Gasteiger partial charge < -0.3 is 44.1 Å². The van der Waals surface area contributed by atoms with E-state index in [1.165, 1.54) is 17.1 Å². The third-order valence-corrected chi connectivity index (χ3v) is 11.3. The first-order chi connectivity index (χ1) is 21.4. The molecule has 3 aliphatic rings. The number of carbonyl (C=O) groups excluding carboxylic acids is 1. The van der Waals surface area contributed by atoms with Crippen LogP contribution < -0.4 is 11.5 Å². The molecule has 0 spiro atoms. The van der Waals surface area contributed by atoms with Crippen molar-refractivity contribution in [2.75, 3.05) is 25.6 Å². The number of benzene rings is 1. The van der Waals surface area contributed by atoms with Crippen molar-refractivity contribution in [3.63, 3.8) is 0 Å². The Labute approximate surface area is 263 Å². The van der Waals surface area contributed by atoms with E-state index in [2.05, 4.69) is 25.3 Å². The fourth-order valence-corrected chi connectivity index (χ4v) is 8.48. The van der Waals surface area contributed by atoms with Gasteiger partial charge in [-0.25, -0.2) is 24.0 Å². The van der Waals surface area contributed by atoms with Crippen LogP contribution in [0.5, 0.6) is 0 Å². The molecule has 7 rings (SSSR count). The van der Waals surface area contributed by atoms with E-state index in [9.17, 15) is 14.6 Å². The molecule has 22 heteroatoms. The maximum Gasteiger partial charge on any atom is 0.325 e. The number of primary amides is 1. The number of anilines is 1. The molecular weight excluding hydrogens is 675 g/mol. The molecule has 6 N–H and O–H groups in total. The zero-order valence-corrected chi connectivity index (χ0v) is 26.4. The number of rotatable bonds is 3. The summed E-state index contributed by atoms with van der Waals surface area (Å²) in [4.78, 5) is 46.5. The molecule has 2 saturated heterocycles. The Morgan fingerprint density at radius 1 is 1.07 bits per heavy atom. The Kier molecular flexibility index (Phi) is 7.97. The standard InChI is InChI=1S/C23H26FN9O8P2S2/c24-16-15-7-39-42(35,44)38-6-12-10(4-14(12)32-9-29-18-20(25)27-8-28-22(18)32)5-37-43(36,45)41-19(16)23(40-15)33-13-3-1-2-11(21(26)34)17(13)30-31-33/h1-3,8-10,12,14-16,19,23H,4-7H2,(H2,26,34)(H,35,44)(H,36,45)(H2,25,27,28)/t10-,12-,14?,15-,16-,19-,23-,42?,43?/m1/s1. The highest BCUT2D eigenvalue weighted by Gasteiger charge is 2.52. The molecule has 9 atom stereocenters. The van der Waals surface area contributed by atoms with Gasteiger partial charge in [0.05, 0.1) is 37.2 Å². The number of aromatic nitrogens is 7. The Hall–Kier alpha value is -2.61. The molecule has 0 radical (unpaired) electrons. The summed E-state index contributed by atoms with van der Waals surface area (Å²) in [7, 11) is 0. The summed E-state index contributed by atoms with van der Waals surface area (Å²) in [6, 6.07) is 4.37. The number of alkyl halides is 1. The summed E-state index contributed by atoms with van der Waals surface area (Å²) < 4.78 is 47.6. The van der Waals surface area contributed by atoms with Gasteiger partial charge in [0.15, 0.2) is 23.9 Å². The Balaban J connectivity index is 1.18. The van der Waals surface area contributed by atoms with E-state index in [1.807, 2.05) is 4.57 Å².